The summed E-state index contributed by atoms with van der Waals surface area (Å²) in [4.78, 5) is 0. The predicted octanol–water partition coefficient (Wildman–Crippen LogP) is 3.18. The summed E-state index contributed by atoms with van der Waals surface area (Å²) in [7, 11) is 0. The first-order chi connectivity index (χ1) is 6.81. The molecule has 2 rings (SSSR count). The molecule has 74 valence electrons. The Morgan fingerprint density at radius 3 is 3.21 bits per heavy atom. The molecule has 0 saturated carbocycles. The molecular formula is C13H16O. The van der Waals surface area contributed by atoms with Gasteiger partial charge in [-0.3, -0.25) is 0 Å². The van der Waals surface area contributed by atoms with Crippen LogP contribution in [0, 0.1) is 6.92 Å². The van der Waals surface area contributed by atoms with Gasteiger partial charge in [-0.05, 0) is 30.9 Å². The smallest absolute Gasteiger partial charge is 0.0862 e. The van der Waals surface area contributed by atoms with Gasteiger partial charge < -0.3 is 4.74 Å². The van der Waals surface area contributed by atoms with Crippen LogP contribution in [-0.2, 0) is 11.2 Å². The Labute approximate surface area is 85.4 Å². The van der Waals surface area contributed by atoms with Crippen LogP contribution in [0.15, 0.2) is 30.9 Å². The third kappa shape index (κ3) is 1.73. The van der Waals surface area contributed by atoms with Crippen molar-refractivity contribution in [3.63, 3.8) is 0 Å². The molecular weight excluding hydrogens is 172 g/mol. The number of ether oxygens (including phenoxy) is 1. The summed E-state index contributed by atoms with van der Waals surface area (Å²) < 4.78 is 5.73. The van der Waals surface area contributed by atoms with E-state index in [1.807, 2.05) is 6.08 Å². The van der Waals surface area contributed by atoms with Crippen LogP contribution in [0.25, 0.3) is 0 Å². The SMILES string of the molecule is C=CCC1OCCc2ccc(C)cc21. The normalized spacial score (nSPS) is 20.2. The molecule has 0 N–H and O–H groups in total. The van der Waals surface area contributed by atoms with Crippen LogP contribution < -0.4 is 0 Å². The molecule has 1 unspecified atom stereocenters. The second-order valence-electron chi connectivity index (χ2n) is 3.84. The van der Waals surface area contributed by atoms with E-state index in [1.165, 1.54) is 16.7 Å². The number of rotatable bonds is 2. The van der Waals surface area contributed by atoms with Gasteiger partial charge in [-0.15, -0.1) is 6.58 Å². The summed E-state index contributed by atoms with van der Waals surface area (Å²) in [5.41, 5.74) is 4.10. The fraction of sp³-hybridized carbons (Fsp3) is 0.385. The number of fused-ring (bicyclic) bond motifs is 1. The lowest BCUT2D eigenvalue weighted by Crippen LogP contribution is -2.15. The minimum atomic E-state index is 0.233. The van der Waals surface area contributed by atoms with Crippen molar-refractivity contribution >= 4 is 0 Å². The van der Waals surface area contributed by atoms with Gasteiger partial charge in [0, 0.05) is 0 Å². The van der Waals surface area contributed by atoms with Gasteiger partial charge in [0.15, 0.2) is 0 Å². The summed E-state index contributed by atoms with van der Waals surface area (Å²) in [5.74, 6) is 0. The zero-order valence-electron chi connectivity index (χ0n) is 8.62. The molecule has 1 aromatic rings. The van der Waals surface area contributed by atoms with Crippen molar-refractivity contribution in [1.82, 2.24) is 0 Å². The summed E-state index contributed by atoms with van der Waals surface area (Å²) in [6.45, 7) is 6.74. The third-order valence-electron chi connectivity index (χ3n) is 2.72. The number of hydrogen-bond acceptors (Lipinski definition) is 1. The van der Waals surface area contributed by atoms with Crippen molar-refractivity contribution in [2.45, 2.75) is 25.9 Å². The highest BCUT2D eigenvalue weighted by Crippen LogP contribution is 2.30. The molecule has 1 atom stereocenters. The first kappa shape index (κ1) is 9.47. The van der Waals surface area contributed by atoms with Crippen molar-refractivity contribution < 1.29 is 4.74 Å². The molecule has 0 aromatic heterocycles. The maximum absolute atomic E-state index is 5.73. The highest BCUT2D eigenvalue weighted by molar-refractivity contribution is 5.34. The Hall–Kier alpha value is -1.08. The number of hydrogen-bond donors (Lipinski definition) is 0. The van der Waals surface area contributed by atoms with Gasteiger partial charge in [0.2, 0.25) is 0 Å². The summed E-state index contributed by atoms with van der Waals surface area (Å²) in [6.07, 6.45) is 4.12. The molecule has 0 amide bonds. The van der Waals surface area contributed by atoms with E-state index < -0.39 is 0 Å². The van der Waals surface area contributed by atoms with E-state index in [-0.39, 0.29) is 6.10 Å². The molecule has 0 radical (unpaired) electrons. The Balaban J connectivity index is 2.36. The van der Waals surface area contributed by atoms with Gasteiger partial charge in [0.25, 0.3) is 0 Å². The minimum Gasteiger partial charge on any atom is -0.373 e. The maximum Gasteiger partial charge on any atom is 0.0862 e. The Kier molecular flexibility index (Phi) is 2.69. The summed E-state index contributed by atoms with van der Waals surface area (Å²) >= 11 is 0. The van der Waals surface area contributed by atoms with Crippen LogP contribution in [0.4, 0.5) is 0 Å². The van der Waals surface area contributed by atoms with Gasteiger partial charge in [0.05, 0.1) is 12.7 Å². The Morgan fingerprint density at radius 1 is 1.57 bits per heavy atom. The molecule has 1 aliphatic heterocycles. The fourth-order valence-electron chi connectivity index (χ4n) is 1.99. The van der Waals surface area contributed by atoms with Crippen LogP contribution in [0.3, 0.4) is 0 Å². The molecule has 0 bridgehead atoms. The summed E-state index contributed by atoms with van der Waals surface area (Å²) in [5, 5.41) is 0. The highest BCUT2D eigenvalue weighted by atomic mass is 16.5. The number of benzene rings is 1. The van der Waals surface area contributed by atoms with Gasteiger partial charge >= 0.3 is 0 Å². The molecule has 1 aliphatic rings. The molecule has 1 heteroatoms. The average molecular weight is 188 g/mol. The second-order valence-corrected chi connectivity index (χ2v) is 3.84. The van der Waals surface area contributed by atoms with Crippen molar-refractivity contribution in [3.8, 4) is 0 Å². The lowest BCUT2D eigenvalue weighted by Gasteiger charge is -2.25. The van der Waals surface area contributed by atoms with E-state index in [2.05, 4.69) is 31.7 Å². The van der Waals surface area contributed by atoms with Crippen LogP contribution >= 0.6 is 0 Å². The Morgan fingerprint density at radius 2 is 2.43 bits per heavy atom. The van der Waals surface area contributed by atoms with E-state index in [0.717, 1.165) is 19.4 Å². The molecule has 1 aromatic carbocycles. The molecule has 0 saturated heterocycles. The van der Waals surface area contributed by atoms with E-state index in [9.17, 15) is 0 Å². The van der Waals surface area contributed by atoms with Gasteiger partial charge in [-0.2, -0.15) is 0 Å². The zero-order valence-corrected chi connectivity index (χ0v) is 8.62. The van der Waals surface area contributed by atoms with Crippen LogP contribution in [0.5, 0.6) is 0 Å². The van der Waals surface area contributed by atoms with E-state index in [4.69, 9.17) is 4.74 Å². The quantitative estimate of drug-likeness (QED) is 0.648. The van der Waals surface area contributed by atoms with Crippen molar-refractivity contribution in [2.24, 2.45) is 0 Å². The van der Waals surface area contributed by atoms with Crippen LogP contribution in [-0.4, -0.2) is 6.61 Å². The summed E-state index contributed by atoms with van der Waals surface area (Å²) in [6, 6.07) is 6.64. The topological polar surface area (TPSA) is 9.23 Å². The van der Waals surface area contributed by atoms with E-state index in [0.29, 0.717) is 0 Å². The average Bonchev–Trinajstić information content (AvgIpc) is 2.19. The fourth-order valence-corrected chi connectivity index (χ4v) is 1.99. The molecule has 14 heavy (non-hydrogen) atoms. The third-order valence-corrected chi connectivity index (χ3v) is 2.72. The van der Waals surface area contributed by atoms with Gasteiger partial charge in [-0.1, -0.05) is 29.8 Å². The molecule has 0 aliphatic carbocycles. The van der Waals surface area contributed by atoms with Gasteiger partial charge in [-0.25, -0.2) is 0 Å². The first-order valence-corrected chi connectivity index (χ1v) is 5.13. The number of aryl methyl sites for hydroxylation is 1. The zero-order chi connectivity index (χ0) is 9.97. The standard InChI is InChI=1S/C13H16O/c1-3-4-13-12-9-10(2)5-6-11(12)7-8-14-13/h3,5-6,9,13H,1,4,7-8H2,2H3. The van der Waals surface area contributed by atoms with E-state index >= 15 is 0 Å². The lowest BCUT2D eigenvalue weighted by molar-refractivity contribution is 0.0445. The van der Waals surface area contributed by atoms with Gasteiger partial charge in [0.1, 0.15) is 0 Å². The largest absolute Gasteiger partial charge is 0.373 e. The highest BCUT2D eigenvalue weighted by Gasteiger charge is 2.19. The maximum atomic E-state index is 5.73. The molecule has 0 spiro atoms. The van der Waals surface area contributed by atoms with Crippen LogP contribution in [0.2, 0.25) is 0 Å². The Bertz CT molecular complexity index is 341. The van der Waals surface area contributed by atoms with Crippen molar-refractivity contribution in [1.29, 1.82) is 0 Å². The molecule has 0 fully saturated rings. The molecule has 1 heterocycles. The second kappa shape index (κ2) is 3.97. The van der Waals surface area contributed by atoms with Crippen molar-refractivity contribution in [2.75, 3.05) is 6.61 Å². The molecule has 1 nitrogen and oxygen atoms in total. The first-order valence-electron chi connectivity index (χ1n) is 5.13. The minimum absolute atomic E-state index is 0.233. The van der Waals surface area contributed by atoms with E-state index in [1.54, 1.807) is 0 Å². The predicted molar refractivity (Wildman–Crippen MR) is 58.4 cm³/mol. The lowest BCUT2D eigenvalue weighted by atomic mass is 9.94. The monoisotopic (exact) mass is 188 g/mol. The van der Waals surface area contributed by atoms with Crippen molar-refractivity contribution in [3.05, 3.63) is 47.5 Å². The van der Waals surface area contributed by atoms with Crippen LogP contribution in [0.1, 0.15) is 29.2 Å².